The quantitative estimate of drug-likeness (QED) is 0.236. The van der Waals surface area contributed by atoms with Crippen molar-refractivity contribution in [1.29, 1.82) is 0 Å². The predicted molar refractivity (Wildman–Crippen MR) is 142 cm³/mol. The molecule has 0 saturated heterocycles. The molecule has 0 bridgehead atoms. The first-order valence-corrected chi connectivity index (χ1v) is 12.7. The summed E-state index contributed by atoms with van der Waals surface area (Å²) in [6, 6.07) is 18.0. The average molecular weight is 518 g/mol. The Hall–Kier alpha value is -4.15. The van der Waals surface area contributed by atoms with Gasteiger partial charge in [-0.1, -0.05) is 42.5 Å². The van der Waals surface area contributed by atoms with E-state index in [1.54, 1.807) is 10.9 Å². The second kappa shape index (κ2) is 11.9. The molecule has 3 heterocycles. The van der Waals surface area contributed by atoms with Crippen molar-refractivity contribution in [2.75, 3.05) is 18.5 Å². The molecule has 10 nitrogen and oxygen atoms in total. The fourth-order valence-electron chi connectivity index (χ4n) is 4.44. The molecule has 1 aliphatic heterocycles. The lowest BCUT2D eigenvalue weighted by Gasteiger charge is -2.20. The molecule has 0 radical (unpaired) electrons. The molecule has 1 unspecified atom stereocenters. The van der Waals surface area contributed by atoms with E-state index >= 15 is 0 Å². The van der Waals surface area contributed by atoms with Crippen molar-refractivity contribution in [2.45, 2.75) is 44.7 Å². The van der Waals surface area contributed by atoms with Gasteiger partial charge in [0.05, 0.1) is 30.3 Å². The van der Waals surface area contributed by atoms with Crippen LogP contribution in [0, 0.1) is 0 Å². The Balaban J connectivity index is 1.20. The fourth-order valence-corrected chi connectivity index (χ4v) is 4.44. The summed E-state index contributed by atoms with van der Waals surface area (Å²) in [5.41, 5.74) is 3.78. The Kier molecular flexibility index (Phi) is 8.01. The first kappa shape index (κ1) is 25.5. The van der Waals surface area contributed by atoms with Gasteiger partial charge in [0.2, 0.25) is 0 Å². The zero-order valence-electron chi connectivity index (χ0n) is 20.9. The van der Waals surface area contributed by atoms with E-state index in [0.29, 0.717) is 18.8 Å². The third-order valence-corrected chi connectivity index (χ3v) is 6.46. The Morgan fingerprint density at radius 2 is 1.97 bits per heavy atom. The number of amides is 1. The molecule has 1 atom stereocenters. The summed E-state index contributed by atoms with van der Waals surface area (Å²) in [5, 5.41) is 30.8. The van der Waals surface area contributed by atoms with E-state index in [0.717, 1.165) is 47.4 Å². The normalized spacial score (nSPS) is 13.6. The number of aliphatic hydroxyl groups is 2. The van der Waals surface area contributed by atoms with Crippen molar-refractivity contribution in [3.8, 4) is 5.75 Å². The van der Waals surface area contributed by atoms with Crippen LogP contribution >= 0.6 is 0 Å². The molecule has 0 saturated carbocycles. The molecule has 2 aromatic carbocycles. The number of carbonyl (C=O) groups excluding carboxylic acids is 1. The Labute approximate surface area is 220 Å². The predicted octanol–water partition coefficient (Wildman–Crippen LogP) is 3.02. The minimum atomic E-state index is -1.81. The van der Waals surface area contributed by atoms with Crippen LogP contribution in [0.25, 0.3) is 10.9 Å². The number of pyridine rings is 1. The lowest BCUT2D eigenvalue weighted by molar-refractivity contribution is -0.0701. The summed E-state index contributed by atoms with van der Waals surface area (Å²) in [6.07, 6.45) is 1.95. The third-order valence-electron chi connectivity index (χ3n) is 6.46. The average Bonchev–Trinajstić information content (AvgIpc) is 3.35. The van der Waals surface area contributed by atoms with Gasteiger partial charge in [0.1, 0.15) is 24.2 Å². The second-order valence-electron chi connectivity index (χ2n) is 9.18. The van der Waals surface area contributed by atoms with Gasteiger partial charge in [-0.15, -0.1) is 0 Å². The molecule has 4 N–H and O–H groups in total. The minimum absolute atomic E-state index is 0.0249. The summed E-state index contributed by atoms with van der Waals surface area (Å²) in [6.45, 7) is 1.49. The smallest absolute Gasteiger partial charge is 0.407 e. The summed E-state index contributed by atoms with van der Waals surface area (Å²) in [4.78, 5) is 17.0. The van der Waals surface area contributed by atoms with Crippen molar-refractivity contribution in [3.63, 3.8) is 0 Å². The highest BCUT2D eigenvalue weighted by Crippen LogP contribution is 2.26. The van der Waals surface area contributed by atoms with Crippen LogP contribution in [0.1, 0.15) is 23.2 Å². The molecule has 10 heteroatoms. The van der Waals surface area contributed by atoms with Crippen LogP contribution in [0.5, 0.6) is 5.75 Å². The number of aromatic nitrogens is 3. The van der Waals surface area contributed by atoms with E-state index < -0.39 is 18.4 Å². The zero-order valence-corrected chi connectivity index (χ0v) is 20.9. The zero-order chi connectivity index (χ0) is 26.3. The van der Waals surface area contributed by atoms with Crippen molar-refractivity contribution >= 4 is 22.8 Å². The van der Waals surface area contributed by atoms with E-state index in [1.807, 2.05) is 54.6 Å². The number of alkyl carbamates (subject to hydrolysis) is 1. The van der Waals surface area contributed by atoms with E-state index in [9.17, 15) is 15.0 Å². The summed E-state index contributed by atoms with van der Waals surface area (Å²) in [5.74, 6) is 1.64. The van der Waals surface area contributed by atoms with Crippen molar-refractivity contribution in [1.82, 2.24) is 20.1 Å². The molecule has 38 heavy (non-hydrogen) atoms. The van der Waals surface area contributed by atoms with Crippen molar-refractivity contribution < 1.29 is 24.5 Å². The number of rotatable bonds is 10. The molecule has 0 aliphatic carbocycles. The largest absolute Gasteiger partial charge is 0.492 e. The number of nitrogens with zero attached hydrogens (tertiary/aromatic N) is 3. The second-order valence-corrected chi connectivity index (χ2v) is 9.18. The maximum absolute atomic E-state index is 12.3. The molecule has 198 valence electrons. The number of nitrogens with one attached hydrogen (secondary N) is 2. The topological polar surface area (TPSA) is 131 Å². The van der Waals surface area contributed by atoms with E-state index in [2.05, 4.69) is 21.8 Å². The van der Waals surface area contributed by atoms with Gasteiger partial charge >= 0.3 is 6.09 Å². The van der Waals surface area contributed by atoms with Crippen LogP contribution in [0.2, 0.25) is 0 Å². The minimum Gasteiger partial charge on any atom is -0.492 e. The first-order chi connectivity index (χ1) is 18.6. The van der Waals surface area contributed by atoms with Gasteiger partial charge < -0.3 is 30.3 Å². The first-order valence-electron chi connectivity index (χ1n) is 12.7. The van der Waals surface area contributed by atoms with Crippen molar-refractivity contribution in [3.05, 3.63) is 83.7 Å². The monoisotopic (exact) mass is 517 g/mol. The summed E-state index contributed by atoms with van der Waals surface area (Å²) in [7, 11) is 0. The lowest BCUT2D eigenvalue weighted by atomic mass is 10.1. The van der Waals surface area contributed by atoms with Crippen LogP contribution in [0.15, 0.2) is 66.9 Å². The van der Waals surface area contributed by atoms with Crippen molar-refractivity contribution in [2.24, 2.45) is 0 Å². The number of hydrogen-bond acceptors (Lipinski definition) is 8. The van der Waals surface area contributed by atoms with Crippen LogP contribution in [-0.4, -0.2) is 56.6 Å². The molecular formula is C28H31N5O5. The van der Waals surface area contributed by atoms with E-state index in [-0.39, 0.29) is 13.2 Å². The summed E-state index contributed by atoms with van der Waals surface area (Å²) >= 11 is 0. The van der Waals surface area contributed by atoms with Gasteiger partial charge in [0, 0.05) is 18.7 Å². The Morgan fingerprint density at radius 3 is 2.82 bits per heavy atom. The van der Waals surface area contributed by atoms with Crippen LogP contribution in [-0.2, 0) is 30.7 Å². The van der Waals surface area contributed by atoms with Gasteiger partial charge in [-0.05, 0) is 42.2 Å². The lowest BCUT2D eigenvalue weighted by Crippen LogP contribution is -2.46. The SMILES string of the molecule is O=C(NC(Cn1ncc2c(OCCc3ccc4c(n3)NCCC4)cccc21)C(O)O)OCc1ccccc1. The number of anilines is 1. The van der Waals surface area contributed by atoms with Gasteiger partial charge in [0.25, 0.3) is 0 Å². The number of aliphatic hydroxyl groups excluding tert-OH is 1. The number of hydrogen-bond donors (Lipinski definition) is 4. The highest BCUT2D eigenvalue weighted by Gasteiger charge is 2.22. The molecule has 4 aromatic rings. The standard InChI is InChI=1S/C28H31N5O5/c34-27(35)23(32-28(36)38-18-19-6-2-1-3-7-19)17-33-24-9-4-10-25(22(24)16-30-33)37-15-13-21-12-11-20-8-5-14-29-26(20)31-21/h1-4,6-7,9-12,16,23,27,34-35H,5,8,13-15,17-18H2,(H,29,31)(H,32,36). The van der Waals surface area contributed by atoms with E-state index in [1.165, 1.54) is 5.56 Å². The van der Waals surface area contributed by atoms with Gasteiger partial charge in [-0.2, -0.15) is 5.10 Å². The number of ether oxygens (including phenoxy) is 2. The van der Waals surface area contributed by atoms with Crippen LogP contribution in [0.4, 0.5) is 10.6 Å². The number of benzene rings is 2. The molecule has 1 aliphatic rings. The van der Waals surface area contributed by atoms with Crippen LogP contribution < -0.4 is 15.4 Å². The van der Waals surface area contributed by atoms with E-state index in [4.69, 9.17) is 14.5 Å². The van der Waals surface area contributed by atoms with Gasteiger partial charge in [-0.3, -0.25) is 4.68 Å². The van der Waals surface area contributed by atoms with Gasteiger partial charge in [0.15, 0.2) is 6.29 Å². The molecule has 0 fully saturated rings. The maximum Gasteiger partial charge on any atom is 0.407 e. The molecule has 5 rings (SSSR count). The Bertz CT molecular complexity index is 1370. The highest BCUT2D eigenvalue weighted by atomic mass is 16.5. The van der Waals surface area contributed by atoms with Crippen LogP contribution in [0.3, 0.4) is 0 Å². The maximum atomic E-state index is 12.3. The van der Waals surface area contributed by atoms with Gasteiger partial charge in [-0.25, -0.2) is 9.78 Å². The highest BCUT2D eigenvalue weighted by molar-refractivity contribution is 5.85. The Morgan fingerprint density at radius 1 is 1.11 bits per heavy atom. The fraction of sp³-hybridized carbons (Fsp3) is 0.321. The molecule has 1 amide bonds. The summed E-state index contributed by atoms with van der Waals surface area (Å²) < 4.78 is 12.9. The third kappa shape index (κ3) is 6.21. The number of aryl methyl sites for hydroxylation is 1. The molecule has 0 spiro atoms. The number of fused-ring (bicyclic) bond motifs is 2. The molecule has 2 aromatic heterocycles. The number of carbonyl (C=O) groups is 1. The molecular weight excluding hydrogens is 486 g/mol.